The van der Waals surface area contributed by atoms with Gasteiger partial charge in [-0.1, -0.05) is 45.9 Å². The Morgan fingerprint density at radius 3 is 2.50 bits per heavy atom. The molecule has 154 valence electrons. The van der Waals surface area contributed by atoms with Gasteiger partial charge in [-0.2, -0.15) is 0 Å². The number of amides is 1. The Kier molecular flexibility index (Phi) is 6.82. The number of hydrogen-bond donors (Lipinski definition) is 1. The van der Waals surface area contributed by atoms with Gasteiger partial charge in [-0.15, -0.1) is 0 Å². The van der Waals surface area contributed by atoms with Crippen LogP contribution in [0.25, 0.3) is 10.9 Å². The monoisotopic (exact) mass is 383 g/mol. The highest BCUT2D eigenvalue weighted by Gasteiger charge is 2.31. The maximum absolute atomic E-state index is 12.3. The van der Waals surface area contributed by atoms with Gasteiger partial charge in [0, 0.05) is 43.2 Å². The van der Waals surface area contributed by atoms with E-state index in [-0.39, 0.29) is 11.9 Å². The summed E-state index contributed by atoms with van der Waals surface area (Å²) in [7, 11) is 0. The lowest BCUT2D eigenvalue weighted by Gasteiger charge is -2.36. The summed E-state index contributed by atoms with van der Waals surface area (Å²) in [4.78, 5) is 20.6. The molecule has 1 N–H and O–H groups in total. The summed E-state index contributed by atoms with van der Waals surface area (Å²) in [6, 6.07) is 8.72. The number of carbonyl (C=O) groups is 1. The fraction of sp³-hybridized carbons (Fsp3) is 0.625. The number of nitrogens with zero attached hydrogens (tertiary/aromatic N) is 2. The van der Waals surface area contributed by atoms with Gasteiger partial charge in [-0.3, -0.25) is 4.79 Å². The molecule has 0 saturated heterocycles. The molecule has 0 aliphatic carbocycles. The molecule has 28 heavy (non-hydrogen) atoms. The molecule has 0 radical (unpaired) electrons. The van der Waals surface area contributed by atoms with Gasteiger partial charge >= 0.3 is 0 Å². The molecule has 4 nitrogen and oxygen atoms in total. The molecule has 0 fully saturated rings. The lowest BCUT2D eigenvalue weighted by Crippen LogP contribution is -2.39. The number of hydrogen-bond acceptors (Lipinski definition) is 2. The van der Waals surface area contributed by atoms with Crippen molar-refractivity contribution in [3.8, 4) is 0 Å². The van der Waals surface area contributed by atoms with Crippen molar-refractivity contribution >= 4 is 16.8 Å². The van der Waals surface area contributed by atoms with E-state index in [1.807, 2.05) is 0 Å². The molecule has 3 rings (SSSR count). The normalized spacial score (nSPS) is 17.1. The summed E-state index contributed by atoms with van der Waals surface area (Å²) >= 11 is 0. The van der Waals surface area contributed by atoms with Crippen LogP contribution in [0.15, 0.2) is 24.3 Å². The van der Waals surface area contributed by atoms with Crippen LogP contribution in [0.2, 0.25) is 0 Å². The van der Waals surface area contributed by atoms with Crippen LogP contribution >= 0.6 is 0 Å². The molecule has 0 saturated carbocycles. The first-order chi connectivity index (χ1) is 13.4. The molecule has 4 heteroatoms. The Hall–Kier alpha value is -1.81. The minimum Gasteiger partial charge on any atom is -0.356 e. The zero-order valence-electron chi connectivity index (χ0n) is 18.3. The largest absolute Gasteiger partial charge is 0.356 e. The molecule has 0 bridgehead atoms. The average molecular weight is 384 g/mol. The third-order valence-electron chi connectivity index (χ3n) is 5.76. The minimum atomic E-state index is 0.175. The Balaban J connectivity index is 1.76. The number of fused-ring (bicyclic) bond motifs is 3. The van der Waals surface area contributed by atoms with Crippen molar-refractivity contribution in [1.29, 1.82) is 0 Å². The van der Waals surface area contributed by atoms with Crippen LogP contribution in [0.5, 0.6) is 0 Å². The number of rotatable bonds is 8. The molecule has 1 aromatic carbocycles. The van der Waals surface area contributed by atoms with Gasteiger partial charge in [0.05, 0.1) is 6.04 Å². The van der Waals surface area contributed by atoms with Crippen LogP contribution in [0.4, 0.5) is 0 Å². The number of benzene rings is 1. The molecule has 1 amide bonds. The zero-order chi connectivity index (χ0) is 20.3. The van der Waals surface area contributed by atoms with Gasteiger partial charge in [0.15, 0.2) is 0 Å². The molecule has 1 aliphatic rings. The molecule has 1 unspecified atom stereocenters. The maximum atomic E-state index is 12.3. The van der Waals surface area contributed by atoms with Crippen molar-refractivity contribution in [2.75, 3.05) is 26.2 Å². The van der Waals surface area contributed by atoms with Crippen LogP contribution < -0.4 is 0 Å². The van der Waals surface area contributed by atoms with Crippen molar-refractivity contribution in [2.24, 2.45) is 11.8 Å². The summed E-state index contributed by atoms with van der Waals surface area (Å²) < 4.78 is 0. The van der Waals surface area contributed by atoms with Crippen LogP contribution in [0, 0.1) is 11.8 Å². The number of aromatic nitrogens is 1. The third-order valence-corrected chi connectivity index (χ3v) is 5.76. The van der Waals surface area contributed by atoms with E-state index in [2.05, 4.69) is 66.7 Å². The quantitative estimate of drug-likeness (QED) is 0.696. The predicted octanol–water partition coefficient (Wildman–Crippen LogP) is 5.01. The van der Waals surface area contributed by atoms with E-state index in [0.717, 1.165) is 45.4 Å². The summed E-state index contributed by atoms with van der Waals surface area (Å²) in [5, 5.41) is 1.33. The second-order valence-electron chi connectivity index (χ2n) is 9.23. The van der Waals surface area contributed by atoms with E-state index in [4.69, 9.17) is 0 Å². The highest BCUT2D eigenvalue weighted by atomic mass is 16.2. The predicted molar refractivity (Wildman–Crippen MR) is 117 cm³/mol. The van der Waals surface area contributed by atoms with Gasteiger partial charge in [0.1, 0.15) is 0 Å². The van der Waals surface area contributed by atoms with Gasteiger partial charge in [0.25, 0.3) is 0 Å². The second kappa shape index (κ2) is 9.13. The molecule has 1 aliphatic heterocycles. The Morgan fingerprint density at radius 2 is 1.86 bits per heavy atom. The topological polar surface area (TPSA) is 39.3 Å². The van der Waals surface area contributed by atoms with Crippen LogP contribution in [0.3, 0.4) is 0 Å². The van der Waals surface area contributed by atoms with E-state index >= 15 is 0 Å². The van der Waals surface area contributed by atoms with Gasteiger partial charge < -0.3 is 14.8 Å². The van der Waals surface area contributed by atoms with E-state index in [1.165, 1.54) is 22.2 Å². The standard InChI is InChI=1S/C24H37N3O/c1-17(2)15-26(16-18(3)4)13-8-11-23-24-21(12-14-27(23)19(5)28)20-9-6-7-10-22(20)25-24/h6-7,9-10,17-18,23,25H,8,11-16H2,1-5H3. The summed E-state index contributed by atoms with van der Waals surface area (Å²) in [5.41, 5.74) is 3.88. The lowest BCUT2D eigenvalue weighted by atomic mass is 9.94. The van der Waals surface area contributed by atoms with Gasteiger partial charge in [-0.25, -0.2) is 0 Å². The molecule has 2 aromatic rings. The molecule has 0 spiro atoms. The van der Waals surface area contributed by atoms with Crippen LogP contribution in [0.1, 0.15) is 64.8 Å². The van der Waals surface area contributed by atoms with Crippen molar-refractivity contribution in [1.82, 2.24) is 14.8 Å². The van der Waals surface area contributed by atoms with E-state index in [1.54, 1.807) is 6.92 Å². The first kappa shape index (κ1) is 20.9. The highest BCUT2D eigenvalue weighted by molar-refractivity contribution is 5.86. The van der Waals surface area contributed by atoms with Crippen molar-refractivity contribution in [3.63, 3.8) is 0 Å². The number of nitrogens with one attached hydrogen (secondary N) is 1. The molecule has 1 atom stereocenters. The molecular formula is C24H37N3O. The number of para-hydroxylation sites is 1. The van der Waals surface area contributed by atoms with E-state index < -0.39 is 0 Å². The Morgan fingerprint density at radius 1 is 1.18 bits per heavy atom. The second-order valence-corrected chi connectivity index (χ2v) is 9.23. The van der Waals surface area contributed by atoms with Gasteiger partial charge in [0.2, 0.25) is 5.91 Å². The van der Waals surface area contributed by atoms with Crippen molar-refractivity contribution in [2.45, 2.75) is 59.9 Å². The van der Waals surface area contributed by atoms with E-state index in [9.17, 15) is 4.79 Å². The number of carbonyl (C=O) groups excluding carboxylic acids is 1. The first-order valence-corrected chi connectivity index (χ1v) is 11.0. The van der Waals surface area contributed by atoms with Crippen molar-refractivity contribution in [3.05, 3.63) is 35.5 Å². The summed E-state index contributed by atoms with van der Waals surface area (Å²) in [6.07, 6.45) is 3.08. The molecule has 1 aromatic heterocycles. The van der Waals surface area contributed by atoms with Gasteiger partial charge in [-0.05, 0) is 49.3 Å². The van der Waals surface area contributed by atoms with Crippen molar-refractivity contribution < 1.29 is 4.79 Å². The van der Waals surface area contributed by atoms with Crippen LogP contribution in [-0.2, 0) is 11.2 Å². The summed E-state index contributed by atoms with van der Waals surface area (Å²) in [5.74, 6) is 1.56. The Bertz CT molecular complexity index is 782. The molecule has 2 heterocycles. The third kappa shape index (κ3) is 4.78. The zero-order valence-corrected chi connectivity index (χ0v) is 18.3. The average Bonchev–Trinajstić information content (AvgIpc) is 2.99. The smallest absolute Gasteiger partial charge is 0.220 e. The fourth-order valence-corrected chi connectivity index (χ4v) is 4.79. The van der Waals surface area contributed by atoms with Crippen LogP contribution in [-0.4, -0.2) is 46.9 Å². The lowest BCUT2D eigenvalue weighted by molar-refractivity contribution is -0.132. The SMILES string of the molecule is CC(=O)N1CCc2c([nH]c3ccccc23)C1CCCN(CC(C)C)CC(C)C. The first-order valence-electron chi connectivity index (χ1n) is 11.0. The number of H-pyrrole nitrogens is 1. The fourth-order valence-electron chi connectivity index (χ4n) is 4.79. The maximum Gasteiger partial charge on any atom is 0.220 e. The highest BCUT2D eigenvalue weighted by Crippen LogP contribution is 2.37. The number of aromatic amines is 1. The Labute approximate surface area is 170 Å². The van der Waals surface area contributed by atoms with E-state index in [0.29, 0.717) is 11.8 Å². The minimum absolute atomic E-state index is 0.175. The molecular weight excluding hydrogens is 346 g/mol. The summed E-state index contributed by atoms with van der Waals surface area (Å²) in [6.45, 7) is 15.1.